The van der Waals surface area contributed by atoms with Gasteiger partial charge in [0.25, 0.3) is 0 Å². The van der Waals surface area contributed by atoms with E-state index in [1.165, 1.54) is 0 Å². The van der Waals surface area contributed by atoms with E-state index in [0.29, 0.717) is 11.3 Å². The van der Waals surface area contributed by atoms with E-state index in [2.05, 4.69) is 27.6 Å². The Bertz CT molecular complexity index is 634. The van der Waals surface area contributed by atoms with E-state index in [9.17, 15) is 10.2 Å². The highest BCUT2D eigenvalue weighted by Gasteiger charge is 2.07. The molecular weight excluding hydrogens is 365 g/mol. The summed E-state index contributed by atoms with van der Waals surface area (Å²) in [5, 5.41) is 20.0. The summed E-state index contributed by atoms with van der Waals surface area (Å²) in [7, 11) is 0. The lowest BCUT2D eigenvalue weighted by molar-refractivity contribution is 0.470. The summed E-state index contributed by atoms with van der Waals surface area (Å²) in [6.45, 7) is 5.76. The Hall–Kier alpha value is -1.56. The maximum Gasteiger partial charge on any atom is 0.144 e. The van der Waals surface area contributed by atoms with Crippen LogP contribution in [-0.4, -0.2) is 16.4 Å². The highest BCUT2D eigenvalue weighted by molar-refractivity contribution is 14.1. The minimum absolute atomic E-state index is 0.175. The van der Waals surface area contributed by atoms with Gasteiger partial charge in [-0.3, -0.25) is 4.99 Å². The van der Waals surface area contributed by atoms with Crippen molar-refractivity contribution in [1.29, 1.82) is 0 Å². The molecule has 104 valence electrons. The first-order valence-electron chi connectivity index (χ1n) is 6.22. The molecule has 0 aliphatic rings. The number of phenolic OH excluding ortho intramolecular Hbond substituents is 2. The maximum atomic E-state index is 10.0. The second-order valence-electron chi connectivity index (χ2n) is 4.89. The van der Waals surface area contributed by atoms with Crippen LogP contribution < -0.4 is 0 Å². The Morgan fingerprint density at radius 1 is 0.950 bits per heavy atom. The summed E-state index contributed by atoms with van der Waals surface area (Å²) in [5.74, 6) is 0.387. The Morgan fingerprint density at radius 3 is 2.30 bits per heavy atom. The van der Waals surface area contributed by atoms with Crippen molar-refractivity contribution in [3.8, 4) is 11.5 Å². The van der Waals surface area contributed by atoms with Crippen LogP contribution in [0.5, 0.6) is 11.5 Å². The first-order valence-corrected chi connectivity index (χ1v) is 7.29. The topological polar surface area (TPSA) is 52.8 Å². The number of aliphatic imine (C=N–C) groups is 1. The average molecular weight is 381 g/mol. The highest BCUT2D eigenvalue weighted by Crippen LogP contribution is 2.32. The van der Waals surface area contributed by atoms with Crippen LogP contribution in [0.15, 0.2) is 29.3 Å². The standard InChI is InChI=1S/C16H16INO2/c1-9-4-11(3)15(19)14(7-9)18-8-12-5-10(2)6-13(17)16(12)20/h4-8,19-20H,1-3H3. The zero-order chi connectivity index (χ0) is 14.9. The lowest BCUT2D eigenvalue weighted by Gasteiger charge is -2.06. The van der Waals surface area contributed by atoms with Crippen LogP contribution in [0.3, 0.4) is 0 Å². The quantitative estimate of drug-likeness (QED) is 0.599. The van der Waals surface area contributed by atoms with Crippen molar-refractivity contribution in [1.82, 2.24) is 0 Å². The van der Waals surface area contributed by atoms with Gasteiger partial charge >= 0.3 is 0 Å². The summed E-state index contributed by atoms with van der Waals surface area (Å²) >= 11 is 2.09. The zero-order valence-electron chi connectivity index (χ0n) is 11.6. The molecule has 0 aliphatic carbocycles. The van der Waals surface area contributed by atoms with Gasteiger partial charge in [0, 0.05) is 11.8 Å². The van der Waals surface area contributed by atoms with Crippen LogP contribution >= 0.6 is 22.6 Å². The largest absolute Gasteiger partial charge is 0.506 e. The number of hydrogen-bond acceptors (Lipinski definition) is 3. The Morgan fingerprint density at radius 2 is 1.60 bits per heavy atom. The van der Waals surface area contributed by atoms with Gasteiger partial charge in [0.05, 0.1) is 3.57 Å². The number of aromatic hydroxyl groups is 2. The Balaban J connectivity index is 2.45. The Kier molecular flexibility index (Phi) is 4.32. The van der Waals surface area contributed by atoms with E-state index in [1.54, 1.807) is 6.21 Å². The van der Waals surface area contributed by atoms with E-state index < -0.39 is 0 Å². The molecule has 0 amide bonds. The van der Waals surface area contributed by atoms with Crippen LogP contribution in [0.1, 0.15) is 22.3 Å². The molecule has 2 N–H and O–H groups in total. The third-order valence-corrected chi connectivity index (χ3v) is 3.83. The number of halogens is 1. The van der Waals surface area contributed by atoms with Gasteiger partial charge in [0.2, 0.25) is 0 Å². The molecule has 0 atom stereocenters. The lowest BCUT2D eigenvalue weighted by atomic mass is 10.1. The van der Waals surface area contributed by atoms with E-state index in [1.807, 2.05) is 45.0 Å². The summed E-state index contributed by atoms with van der Waals surface area (Å²) in [4.78, 5) is 4.30. The van der Waals surface area contributed by atoms with E-state index in [-0.39, 0.29) is 11.5 Å². The molecule has 20 heavy (non-hydrogen) atoms. The van der Waals surface area contributed by atoms with Crippen molar-refractivity contribution >= 4 is 34.5 Å². The van der Waals surface area contributed by atoms with E-state index in [4.69, 9.17) is 0 Å². The van der Waals surface area contributed by atoms with Crippen LogP contribution in [0.4, 0.5) is 5.69 Å². The molecule has 0 saturated heterocycles. The zero-order valence-corrected chi connectivity index (χ0v) is 13.8. The van der Waals surface area contributed by atoms with Crippen molar-refractivity contribution in [2.24, 2.45) is 4.99 Å². The van der Waals surface area contributed by atoms with Crippen LogP contribution in [0.25, 0.3) is 0 Å². The molecule has 0 unspecified atom stereocenters. The molecule has 2 rings (SSSR count). The molecule has 3 nitrogen and oxygen atoms in total. The number of hydrogen-bond donors (Lipinski definition) is 2. The summed E-state index contributed by atoms with van der Waals surface area (Å²) in [6.07, 6.45) is 1.58. The van der Waals surface area contributed by atoms with E-state index >= 15 is 0 Å². The van der Waals surface area contributed by atoms with Gasteiger partial charge in [-0.15, -0.1) is 0 Å². The van der Waals surface area contributed by atoms with Crippen molar-refractivity contribution in [2.45, 2.75) is 20.8 Å². The number of aryl methyl sites for hydroxylation is 3. The summed E-state index contributed by atoms with van der Waals surface area (Å²) in [6, 6.07) is 7.49. The maximum absolute atomic E-state index is 10.0. The molecule has 0 spiro atoms. The van der Waals surface area contributed by atoms with Gasteiger partial charge in [0.1, 0.15) is 17.2 Å². The fourth-order valence-electron chi connectivity index (χ4n) is 2.03. The molecule has 0 radical (unpaired) electrons. The molecule has 0 heterocycles. The summed E-state index contributed by atoms with van der Waals surface area (Å²) < 4.78 is 0.786. The van der Waals surface area contributed by atoms with E-state index in [0.717, 1.165) is 20.3 Å². The fourth-order valence-corrected chi connectivity index (χ4v) is 2.84. The normalized spacial score (nSPS) is 11.2. The molecule has 0 saturated carbocycles. The molecule has 0 bridgehead atoms. The van der Waals surface area contributed by atoms with Gasteiger partial charge in [-0.2, -0.15) is 0 Å². The minimum atomic E-state index is 0.175. The van der Waals surface area contributed by atoms with Crippen molar-refractivity contribution in [3.63, 3.8) is 0 Å². The third-order valence-electron chi connectivity index (χ3n) is 3.00. The van der Waals surface area contributed by atoms with Crippen LogP contribution in [-0.2, 0) is 0 Å². The third kappa shape index (κ3) is 3.12. The molecule has 2 aromatic rings. The number of phenols is 2. The van der Waals surface area contributed by atoms with Crippen LogP contribution in [0, 0.1) is 24.3 Å². The monoisotopic (exact) mass is 381 g/mol. The Labute approximate surface area is 132 Å². The SMILES string of the molecule is Cc1cc(I)c(O)c(C=Nc2cc(C)cc(C)c2O)c1. The van der Waals surface area contributed by atoms with Crippen LogP contribution in [0.2, 0.25) is 0 Å². The smallest absolute Gasteiger partial charge is 0.144 e. The van der Waals surface area contributed by atoms with Gasteiger partial charge < -0.3 is 10.2 Å². The predicted molar refractivity (Wildman–Crippen MR) is 90.4 cm³/mol. The van der Waals surface area contributed by atoms with Crippen molar-refractivity contribution in [2.75, 3.05) is 0 Å². The second-order valence-corrected chi connectivity index (χ2v) is 6.05. The minimum Gasteiger partial charge on any atom is -0.506 e. The molecule has 0 fully saturated rings. The molecule has 4 heteroatoms. The van der Waals surface area contributed by atoms with Crippen molar-refractivity contribution < 1.29 is 10.2 Å². The number of nitrogens with zero attached hydrogens (tertiary/aromatic N) is 1. The second kappa shape index (κ2) is 5.83. The fraction of sp³-hybridized carbons (Fsp3) is 0.188. The van der Waals surface area contributed by atoms with Gasteiger partial charge in [-0.05, 0) is 78.3 Å². The molecule has 0 aromatic heterocycles. The van der Waals surface area contributed by atoms with Gasteiger partial charge in [-0.25, -0.2) is 0 Å². The predicted octanol–water partition coefficient (Wildman–Crippen LogP) is 4.38. The lowest BCUT2D eigenvalue weighted by Crippen LogP contribution is -1.88. The van der Waals surface area contributed by atoms with Gasteiger partial charge in [0.15, 0.2) is 0 Å². The number of rotatable bonds is 2. The number of benzene rings is 2. The molecule has 0 aliphatic heterocycles. The average Bonchev–Trinajstić information content (AvgIpc) is 2.37. The first-order chi connectivity index (χ1) is 9.38. The molecule has 2 aromatic carbocycles. The van der Waals surface area contributed by atoms with Gasteiger partial charge in [-0.1, -0.05) is 6.07 Å². The van der Waals surface area contributed by atoms with Crippen molar-refractivity contribution in [3.05, 3.63) is 50.1 Å². The molecular formula is C16H16INO2. The summed E-state index contributed by atoms with van der Waals surface area (Å²) in [5.41, 5.74) is 4.04. The highest BCUT2D eigenvalue weighted by atomic mass is 127. The first kappa shape index (κ1) is 14.8.